The zero-order valence-corrected chi connectivity index (χ0v) is 14.9. The molecule has 138 valence electrons. The molecule has 0 spiro atoms. The average Bonchev–Trinajstić information content (AvgIpc) is 3.03. The maximum absolute atomic E-state index is 11.9. The van der Waals surface area contributed by atoms with Gasteiger partial charge in [0.25, 0.3) is 0 Å². The molecule has 2 fully saturated rings. The van der Waals surface area contributed by atoms with Gasteiger partial charge in [0, 0.05) is 13.0 Å². The van der Waals surface area contributed by atoms with Crippen molar-refractivity contribution in [2.24, 2.45) is 5.92 Å². The van der Waals surface area contributed by atoms with E-state index in [0.29, 0.717) is 6.54 Å². The monoisotopic (exact) mass is 350 g/mol. The molecule has 7 heteroatoms. The van der Waals surface area contributed by atoms with Crippen LogP contribution in [0.25, 0.3) is 0 Å². The summed E-state index contributed by atoms with van der Waals surface area (Å²) < 4.78 is 11.6. The van der Waals surface area contributed by atoms with Gasteiger partial charge in [-0.2, -0.15) is 0 Å². The summed E-state index contributed by atoms with van der Waals surface area (Å²) in [4.78, 5) is 22.0. The van der Waals surface area contributed by atoms with E-state index in [-0.39, 0.29) is 35.6 Å². The molecule has 1 aliphatic carbocycles. The Morgan fingerprint density at radius 2 is 1.84 bits per heavy atom. The van der Waals surface area contributed by atoms with Crippen molar-refractivity contribution in [3.8, 4) is 0 Å². The Bertz CT molecular complexity index is 605. The van der Waals surface area contributed by atoms with Crippen molar-refractivity contribution in [2.75, 3.05) is 6.54 Å². The van der Waals surface area contributed by atoms with Crippen LogP contribution in [0.15, 0.2) is 30.3 Å². The van der Waals surface area contributed by atoms with Crippen molar-refractivity contribution < 1.29 is 29.9 Å². The van der Waals surface area contributed by atoms with Gasteiger partial charge in [-0.25, -0.2) is 0 Å². The van der Waals surface area contributed by atoms with Gasteiger partial charge in [-0.1, -0.05) is 30.3 Å². The van der Waals surface area contributed by atoms with E-state index in [0.717, 1.165) is 6.42 Å². The van der Waals surface area contributed by atoms with Crippen LogP contribution in [0.1, 0.15) is 37.6 Å². The van der Waals surface area contributed by atoms with E-state index in [4.69, 9.17) is 9.47 Å². The predicted molar refractivity (Wildman–Crippen MR) is 88.1 cm³/mol. The first kappa shape index (κ1) is 19.4. The van der Waals surface area contributed by atoms with Crippen LogP contribution < -0.4 is 16.2 Å². The Morgan fingerprint density at radius 3 is 2.36 bits per heavy atom. The molecule has 2 aliphatic rings. The number of benzene rings is 1. The summed E-state index contributed by atoms with van der Waals surface area (Å²) in [7, 11) is 0. The molecule has 1 amide bonds. The molecule has 4 N–H and O–H groups in total. The molecule has 1 aliphatic heterocycles. The summed E-state index contributed by atoms with van der Waals surface area (Å²) in [6.45, 7) is 6.33. The van der Waals surface area contributed by atoms with Crippen molar-refractivity contribution in [1.82, 2.24) is 5.32 Å². The van der Waals surface area contributed by atoms with Gasteiger partial charge in [-0.05, 0) is 26.3 Å². The van der Waals surface area contributed by atoms with Gasteiger partial charge in [-0.3, -0.25) is 4.79 Å². The van der Waals surface area contributed by atoms with Gasteiger partial charge in [0.15, 0.2) is 5.79 Å². The van der Waals surface area contributed by atoms with Crippen LogP contribution in [0.3, 0.4) is 0 Å². The lowest BCUT2D eigenvalue weighted by atomic mass is 10.0. The highest BCUT2D eigenvalue weighted by Crippen LogP contribution is 2.40. The summed E-state index contributed by atoms with van der Waals surface area (Å²) in [5.41, 5.74) is 4.27. The highest BCUT2D eigenvalue weighted by molar-refractivity contribution is 5.85. The number of rotatable bonds is 3. The van der Waals surface area contributed by atoms with Gasteiger partial charge in [-0.15, -0.1) is 0 Å². The Labute approximate surface area is 147 Å². The lowest BCUT2D eigenvalue weighted by Crippen LogP contribution is -2.65. The molecular formula is C18H26N2O5. The van der Waals surface area contributed by atoms with Crippen LogP contribution in [-0.4, -0.2) is 42.5 Å². The number of fused-ring (bicyclic) bond motifs is 1. The summed E-state index contributed by atoms with van der Waals surface area (Å²) >= 11 is 0. The minimum Gasteiger partial charge on any atom is -0.545 e. The number of carboxylic acids is 1. The minimum atomic E-state index is -1.13. The fraction of sp³-hybridized carbons (Fsp3) is 0.556. The summed E-state index contributed by atoms with van der Waals surface area (Å²) in [5.74, 6) is -1.77. The molecule has 7 nitrogen and oxygen atoms in total. The minimum absolute atomic E-state index is 0.0393. The van der Waals surface area contributed by atoms with Gasteiger partial charge in [0.05, 0.1) is 11.9 Å². The highest BCUT2D eigenvalue weighted by atomic mass is 16.8. The molecule has 4 atom stereocenters. The second-order valence-corrected chi connectivity index (χ2v) is 6.72. The maximum Gasteiger partial charge on any atom is 0.226 e. The van der Waals surface area contributed by atoms with Gasteiger partial charge < -0.3 is 30.4 Å². The lowest BCUT2D eigenvalue weighted by molar-refractivity contribution is -0.435. The van der Waals surface area contributed by atoms with Crippen LogP contribution in [0.2, 0.25) is 0 Å². The van der Waals surface area contributed by atoms with Crippen LogP contribution in [0, 0.1) is 5.92 Å². The summed E-state index contributed by atoms with van der Waals surface area (Å²) in [5, 5.41) is 12.9. The molecule has 3 rings (SSSR count). The first-order valence-corrected chi connectivity index (χ1v) is 8.48. The number of hydrogen-bond donors (Lipinski definition) is 2. The largest absolute Gasteiger partial charge is 0.545 e. The van der Waals surface area contributed by atoms with Gasteiger partial charge >= 0.3 is 0 Å². The van der Waals surface area contributed by atoms with Crippen molar-refractivity contribution >= 4 is 11.9 Å². The van der Waals surface area contributed by atoms with Crippen LogP contribution in [-0.2, 0) is 14.3 Å². The van der Waals surface area contributed by atoms with E-state index in [1.54, 1.807) is 18.2 Å². The number of aromatic carboxylic acids is 1. The molecule has 1 aromatic rings. The highest BCUT2D eigenvalue weighted by Gasteiger charge is 2.56. The zero-order valence-electron chi connectivity index (χ0n) is 14.9. The molecule has 0 bridgehead atoms. The Hall–Kier alpha value is -1.96. The third kappa shape index (κ3) is 4.78. The van der Waals surface area contributed by atoms with E-state index in [1.807, 2.05) is 20.8 Å². The van der Waals surface area contributed by atoms with Crippen LogP contribution in [0.5, 0.6) is 0 Å². The van der Waals surface area contributed by atoms with Crippen molar-refractivity contribution in [3.05, 3.63) is 35.9 Å². The lowest BCUT2D eigenvalue weighted by Gasteiger charge is -2.21. The molecule has 0 unspecified atom stereocenters. The topological polar surface area (TPSA) is 115 Å². The smallest absolute Gasteiger partial charge is 0.226 e. The molecule has 1 heterocycles. The van der Waals surface area contributed by atoms with E-state index < -0.39 is 11.8 Å². The van der Waals surface area contributed by atoms with E-state index in [9.17, 15) is 14.7 Å². The first-order chi connectivity index (χ1) is 11.7. The number of amides is 1. The fourth-order valence-electron chi connectivity index (χ4n) is 3.22. The molecule has 0 aromatic heterocycles. The maximum atomic E-state index is 11.9. The second kappa shape index (κ2) is 7.95. The predicted octanol–water partition coefficient (Wildman–Crippen LogP) is -0.677. The molecule has 1 aromatic carbocycles. The third-order valence-corrected chi connectivity index (χ3v) is 4.28. The molecule has 25 heavy (non-hydrogen) atoms. The quantitative estimate of drug-likeness (QED) is 0.750. The number of carbonyl (C=O) groups excluding carboxylic acids is 2. The van der Waals surface area contributed by atoms with E-state index in [2.05, 4.69) is 11.1 Å². The van der Waals surface area contributed by atoms with Gasteiger partial charge in [0.1, 0.15) is 18.2 Å². The standard InChI is InChI=1S/C11H20N2O3.C7H6O2/c1-4-13-10(14)6-5-7(12)9-8(6)15-11(2,3)16-9;8-7(9)6-4-2-1-3-5-6/h6-9H,4-5,12H2,1-3H3,(H,13,14);1-5H,(H,8,9)/t6-,7+,8+,9-;/m0./s1. The first-order valence-electron chi connectivity index (χ1n) is 8.48. The van der Waals surface area contributed by atoms with E-state index >= 15 is 0 Å². The van der Waals surface area contributed by atoms with Crippen molar-refractivity contribution in [2.45, 2.75) is 51.2 Å². The zero-order chi connectivity index (χ0) is 18.6. The Balaban J connectivity index is 0.000000212. The number of carbonyl (C=O) groups is 2. The van der Waals surface area contributed by atoms with Crippen molar-refractivity contribution in [1.29, 1.82) is 0 Å². The number of quaternary nitrogens is 1. The number of carboxylic acid groups (broad SMARTS) is 1. The molecule has 1 saturated carbocycles. The molecule has 1 saturated heterocycles. The Morgan fingerprint density at radius 1 is 1.24 bits per heavy atom. The SMILES string of the molecule is CCNC(=O)[C@H]1C[C@@H]([NH3+])[C@@H]2OC(C)(C)O[C@@H]21.O=C([O-])c1ccccc1. The number of ether oxygens (including phenoxy) is 2. The molecule has 0 radical (unpaired) electrons. The fourth-order valence-corrected chi connectivity index (χ4v) is 3.22. The number of nitrogens with one attached hydrogen (secondary N) is 1. The third-order valence-electron chi connectivity index (χ3n) is 4.28. The summed E-state index contributed by atoms with van der Waals surface area (Å²) in [6.07, 6.45) is 0.573. The Kier molecular flexibility index (Phi) is 6.16. The van der Waals surface area contributed by atoms with Crippen molar-refractivity contribution in [3.63, 3.8) is 0 Å². The van der Waals surface area contributed by atoms with Crippen LogP contribution >= 0.6 is 0 Å². The van der Waals surface area contributed by atoms with Gasteiger partial charge in [0.2, 0.25) is 5.91 Å². The number of hydrogen-bond acceptors (Lipinski definition) is 5. The van der Waals surface area contributed by atoms with Crippen LogP contribution in [0.4, 0.5) is 0 Å². The second-order valence-electron chi connectivity index (χ2n) is 6.72. The van der Waals surface area contributed by atoms with E-state index in [1.165, 1.54) is 12.1 Å². The summed E-state index contributed by atoms with van der Waals surface area (Å²) in [6, 6.07) is 8.20. The molecular weight excluding hydrogens is 324 g/mol. The normalized spacial score (nSPS) is 29.3. The average molecular weight is 350 g/mol.